The monoisotopic (exact) mass is 532 g/mol. The molecule has 1 aromatic heterocycles. The Kier molecular flexibility index (Phi) is 8.69. The van der Waals surface area contributed by atoms with Crippen LogP contribution in [-0.2, 0) is 15.1 Å². The Labute approximate surface area is 226 Å². The molecule has 4 rings (SSSR count). The second-order valence-corrected chi connectivity index (χ2v) is 11.5. The van der Waals surface area contributed by atoms with Crippen LogP contribution in [0, 0.1) is 0 Å². The van der Waals surface area contributed by atoms with Crippen molar-refractivity contribution in [1.82, 2.24) is 4.98 Å². The van der Waals surface area contributed by atoms with Gasteiger partial charge in [0.05, 0.1) is 11.6 Å². The van der Waals surface area contributed by atoms with Gasteiger partial charge in [0.1, 0.15) is 17.1 Å². The lowest BCUT2D eigenvalue weighted by molar-refractivity contribution is -0.156. The number of rotatable bonds is 10. The van der Waals surface area contributed by atoms with Crippen molar-refractivity contribution < 1.29 is 14.6 Å². The molecule has 0 spiro atoms. The van der Waals surface area contributed by atoms with Gasteiger partial charge in [0.25, 0.3) is 0 Å². The van der Waals surface area contributed by atoms with Gasteiger partial charge < -0.3 is 15.2 Å². The van der Waals surface area contributed by atoms with Gasteiger partial charge in [-0.2, -0.15) is 0 Å². The van der Waals surface area contributed by atoms with Crippen molar-refractivity contribution in [3.63, 3.8) is 0 Å². The van der Waals surface area contributed by atoms with E-state index in [-0.39, 0.29) is 11.9 Å². The predicted molar refractivity (Wildman–Crippen MR) is 153 cm³/mol. The largest absolute Gasteiger partial charge is 0.459 e. The fraction of sp³-hybridized carbons (Fsp3) is 0.267. The summed E-state index contributed by atoms with van der Waals surface area (Å²) >= 11 is 2.73. The minimum absolute atomic E-state index is 0.0757. The first-order valence-corrected chi connectivity index (χ1v) is 14.2. The average Bonchev–Trinajstić information content (AvgIpc) is 3.36. The number of anilines is 1. The Hall–Kier alpha value is -3.13. The van der Waals surface area contributed by atoms with E-state index in [1.54, 1.807) is 0 Å². The van der Waals surface area contributed by atoms with E-state index in [0.29, 0.717) is 16.6 Å². The van der Waals surface area contributed by atoms with E-state index in [2.05, 4.69) is 41.7 Å². The highest BCUT2D eigenvalue weighted by Crippen LogP contribution is 2.41. The zero-order chi connectivity index (χ0) is 26.3. The first kappa shape index (κ1) is 26.9. The minimum Gasteiger partial charge on any atom is -0.459 e. The maximum atomic E-state index is 13.1. The molecular weight excluding hydrogens is 500 g/mol. The zero-order valence-corrected chi connectivity index (χ0v) is 22.9. The topological polar surface area (TPSA) is 71.5 Å². The summed E-state index contributed by atoms with van der Waals surface area (Å²) in [5, 5.41) is 15.7. The Bertz CT molecular complexity index is 1180. The van der Waals surface area contributed by atoms with Crippen LogP contribution in [0.3, 0.4) is 0 Å². The maximum Gasteiger partial charge on any atom is 0.316 e. The summed E-state index contributed by atoms with van der Waals surface area (Å²) < 4.78 is 5.68. The molecule has 1 heterocycles. The number of esters is 1. The van der Waals surface area contributed by atoms with Crippen molar-refractivity contribution >= 4 is 34.2 Å². The quantitative estimate of drug-likeness (QED) is 0.135. The molecule has 0 radical (unpaired) electrons. The number of aliphatic hydroxyl groups excluding tert-OH is 1. The number of hydrogen-bond acceptors (Lipinski definition) is 7. The Morgan fingerprint density at radius 2 is 1.41 bits per heavy atom. The summed E-state index contributed by atoms with van der Waals surface area (Å²) in [5.41, 5.74) is 2.53. The number of aliphatic hydroxyl groups is 1. The van der Waals surface area contributed by atoms with E-state index < -0.39 is 17.1 Å². The van der Waals surface area contributed by atoms with E-state index in [0.717, 1.165) is 16.7 Å². The molecule has 0 unspecified atom stereocenters. The number of hydrogen-bond donors (Lipinski definition) is 2. The number of nitrogens with one attached hydrogen (secondary N) is 1. The highest BCUT2D eigenvalue weighted by atomic mass is 32.2. The molecule has 0 aliphatic heterocycles. The summed E-state index contributed by atoms with van der Waals surface area (Å²) in [6.07, 6.45) is 0. The van der Waals surface area contributed by atoms with E-state index >= 15 is 0 Å². The number of ether oxygens (including phenoxy) is 1. The van der Waals surface area contributed by atoms with Crippen molar-refractivity contribution in [1.29, 1.82) is 0 Å². The Morgan fingerprint density at radius 1 is 0.919 bits per heavy atom. The summed E-state index contributed by atoms with van der Waals surface area (Å²) in [4.78, 5) is 17.9. The van der Waals surface area contributed by atoms with Crippen LogP contribution in [0.5, 0.6) is 0 Å². The number of benzene rings is 3. The van der Waals surface area contributed by atoms with Crippen LogP contribution in [0.25, 0.3) is 0 Å². The molecule has 0 bridgehead atoms. The van der Waals surface area contributed by atoms with Crippen LogP contribution < -0.4 is 5.32 Å². The number of carbonyl (C=O) groups is 1. The van der Waals surface area contributed by atoms with Gasteiger partial charge in [-0.05, 0) is 37.5 Å². The molecule has 0 saturated heterocycles. The van der Waals surface area contributed by atoms with Gasteiger partial charge in [-0.25, -0.2) is 4.98 Å². The lowest BCUT2D eigenvalue weighted by atomic mass is 9.77. The molecule has 1 atom stereocenters. The second-order valence-electron chi connectivity index (χ2n) is 9.64. The molecule has 2 N–H and O–H groups in total. The van der Waals surface area contributed by atoms with Crippen LogP contribution >= 0.6 is 23.1 Å². The van der Waals surface area contributed by atoms with Gasteiger partial charge in [0.15, 0.2) is 5.13 Å². The molecule has 192 valence electrons. The van der Waals surface area contributed by atoms with Crippen molar-refractivity contribution in [2.45, 2.75) is 37.8 Å². The zero-order valence-electron chi connectivity index (χ0n) is 21.3. The molecule has 0 amide bonds. The third-order valence-corrected chi connectivity index (χ3v) is 7.39. The van der Waals surface area contributed by atoms with Crippen LogP contribution in [0.15, 0.2) is 96.4 Å². The SMILES string of the molecule is CC(C)(C)OC(=O)[C@H](CSCO)c1csc(NC(c2ccccc2)(c2ccccc2)c2ccccc2)n1. The number of thioether (sulfide) groups is 1. The van der Waals surface area contributed by atoms with Crippen LogP contribution in [0.1, 0.15) is 49.1 Å². The summed E-state index contributed by atoms with van der Waals surface area (Å²) in [6.45, 7) is 5.55. The molecule has 5 nitrogen and oxygen atoms in total. The van der Waals surface area contributed by atoms with Crippen molar-refractivity contribution in [3.05, 3.63) is 119 Å². The van der Waals surface area contributed by atoms with E-state index in [1.165, 1.54) is 23.1 Å². The molecule has 37 heavy (non-hydrogen) atoms. The number of thiazole rings is 1. The summed E-state index contributed by atoms with van der Waals surface area (Å²) in [7, 11) is 0. The van der Waals surface area contributed by atoms with Gasteiger partial charge in [0.2, 0.25) is 0 Å². The molecule has 0 saturated carbocycles. The van der Waals surface area contributed by atoms with E-state index in [9.17, 15) is 9.90 Å². The van der Waals surface area contributed by atoms with Gasteiger partial charge in [0, 0.05) is 11.1 Å². The molecule has 0 fully saturated rings. The molecule has 0 aliphatic carbocycles. The molecule has 4 aromatic rings. The minimum atomic E-state index is -0.708. The number of nitrogens with zero attached hydrogens (tertiary/aromatic N) is 1. The second kappa shape index (κ2) is 11.9. The predicted octanol–water partition coefficient (Wildman–Crippen LogP) is 6.66. The third-order valence-electron chi connectivity index (χ3n) is 5.86. The molecule has 3 aromatic carbocycles. The normalized spacial score (nSPS) is 12.6. The maximum absolute atomic E-state index is 13.1. The lowest BCUT2D eigenvalue weighted by Crippen LogP contribution is -2.38. The first-order valence-electron chi connectivity index (χ1n) is 12.1. The highest BCUT2D eigenvalue weighted by Gasteiger charge is 2.37. The highest BCUT2D eigenvalue weighted by molar-refractivity contribution is 7.99. The van der Waals surface area contributed by atoms with Crippen LogP contribution in [0.2, 0.25) is 0 Å². The van der Waals surface area contributed by atoms with Gasteiger partial charge in [-0.15, -0.1) is 23.1 Å². The molecule has 0 aliphatic rings. The third kappa shape index (κ3) is 6.42. The molecular formula is C30H32N2O3S2. The van der Waals surface area contributed by atoms with Crippen LogP contribution in [0.4, 0.5) is 5.13 Å². The van der Waals surface area contributed by atoms with Gasteiger partial charge in [-0.1, -0.05) is 91.0 Å². The number of carbonyl (C=O) groups excluding carboxylic acids is 1. The standard InChI is InChI=1S/C30H32N2O3S2/c1-29(2,3)35-27(34)25(19-36-21-33)26-20-37-28(31-26)32-30(22-13-7-4-8-14-22,23-15-9-5-10-16-23)24-17-11-6-12-18-24/h4-18,20,25,33H,19,21H2,1-3H3,(H,31,32)/t25-/m1/s1. The first-order chi connectivity index (χ1) is 17.8. The Morgan fingerprint density at radius 3 is 1.84 bits per heavy atom. The van der Waals surface area contributed by atoms with E-state index in [1.807, 2.05) is 80.7 Å². The summed E-state index contributed by atoms with van der Waals surface area (Å²) in [6, 6.07) is 30.9. The van der Waals surface area contributed by atoms with Crippen molar-refractivity contribution in [3.8, 4) is 0 Å². The van der Waals surface area contributed by atoms with Crippen LogP contribution in [-0.4, -0.2) is 33.4 Å². The van der Waals surface area contributed by atoms with Crippen molar-refractivity contribution in [2.75, 3.05) is 17.0 Å². The fourth-order valence-corrected chi connectivity index (χ4v) is 5.73. The van der Waals surface area contributed by atoms with Gasteiger partial charge >= 0.3 is 5.97 Å². The molecule has 7 heteroatoms. The number of aromatic nitrogens is 1. The summed E-state index contributed by atoms with van der Waals surface area (Å²) in [5.74, 6) is -0.614. The van der Waals surface area contributed by atoms with E-state index in [4.69, 9.17) is 9.72 Å². The Balaban J connectivity index is 1.79. The van der Waals surface area contributed by atoms with Crippen molar-refractivity contribution in [2.24, 2.45) is 0 Å². The lowest BCUT2D eigenvalue weighted by Gasteiger charge is -2.36. The fourth-order valence-electron chi connectivity index (χ4n) is 4.26. The van der Waals surface area contributed by atoms with Gasteiger partial charge in [-0.3, -0.25) is 4.79 Å². The average molecular weight is 533 g/mol. The smallest absolute Gasteiger partial charge is 0.316 e.